The lowest BCUT2D eigenvalue weighted by atomic mass is 9.96. The maximum Gasteiger partial charge on any atom is 0.273 e. The third-order valence-electron chi connectivity index (χ3n) is 3.55. The van der Waals surface area contributed by atoms with Crippen LogP contribution in [0.4, 0.5) is 0 Å². The van der Waals surface area contributed by atoms with Crippen molar-refractivity contribution in [2.24, 2.45) is 5.92 Å². The Bertz CT molecular complexity index is 814. The van der Waals surface area contributed by atoms with Crippen LogP contribution in [0.5, 0.6) is 11.5 Å². The third-order valence-corrected chi connectivity index (χ3v) is 6.29. The molecule has 122 valence electrons. The smallest absolute Gasteiger partial charge is 0.273 e. The molecule has 6 nitrogen and oxygen atoms in total. The molecule has 1 atom stereocenters. The van der Waals surface area contributed by atoms with Gasteiger partial charge in [-0.15, -0.1) is 11.3 Å². The maximum absolute atomic E-state index is 12.3. The topological polar surface area (TPSA) is 81.7 Å². The first-order valence-corrected chi connectivity index (χ1v) is 9.26. The van der Waals surface area contributed by atoms with E-state index in [1.165, 1.54) is 6.07 Å². The Kier molecular flexibility index (Phi) is 4.27. The number of hydrogen-bond acceptors (Lipinski definition) is 6. The van der Waals surface area contributed by atoms with Gasteiger partial charge in [-0.25, -0.2) is 13.1 Å². The van der Waals surface area contributed by atoms with Crippen molar-refractivity contribution in [3.63, 3.8) is 0 Å². The monoisotopic (exact) mass is 353 g/mol. The average Bonchev–Trinajstić information content (AvgIpc) is 3.08. The molecule has 2 aromatic rings. The molecule has 0 saturated carbocycles. The van der Waals surface area contributed by atoms with Gasteiger partial charge in [-0.1, -0.05) is 12.1 Å². The van der Waals surface area contributed by atoms with Gasteiger partial charge >= 0.3 is 0 Å². The van der Waals surface area contributed by atoms with E-state index in [9.17, 15) is 13.2 Å². The second-order valence-corrected chi connectivity index (χ2v) is 7.94. The van der Waals surface area contributed by atoms with Crippen LogP contribution in [0.15, 0.2) is 39.9 Å². The lowest BCUT2D eigenvalue weighted by Crippen LogP contribution is -2.40. The van der Waals surface area contributed by atoms with Gasteiger partial charge in [-0.2, -0.15) is 0 Å². The maximum atomic E-state index is 12.3. The number of ether oxygens (including phenoxy) is 2. The van der Waals surface area contributed by atoms with Gasteiger partial charge in [-0.3, -0.25) is 4.79 Å². The molecule has 0 fully saturated rings. The number of carbonyl (C=O) groups is 1. The molecular weight excluding hydrogens is 338 g/mol. The molecule has 0 aliphatic carbocycles. The van der Waals surface area contributed by atoms with E-state index in [0.29, 0.717) is 17.9 Å². The van der Waals surface area contributed by atoms with Crippen LogP contribution in [-0.2, 0) is 21.2 Å². The molecule has 1 aromatic carbocycles. The zero-order valence-electron chi connectivity index (χ0n) is 12.3. The summed E-state index contributed by atoms with van der Waals surface area (Å²) in [5.41, 5.74) is 0.853. The number of nitrogens with one attached hydrogen (secondary N) is 1. The highest BCUT2D eigenvalue weighted by Gasteiger charge is 2.29. The molecule has 1 unspecified atom stereocenters. The molecule has 8 heteroatoms. The predicted octanol–water partition coefficient (Wildman–Crippen LogP) is 1.81. The minimum Gasteiger partial charge on any atom is -0.497 e. The highest BCUT2D eigenvalue weighted by Crippen LogP contribution is 2.31. The van der Waals surface area contributed by atoms with Crippen LogP contribution in [-0.4, -0.2) is 28.0 Å². The standard InChI is InChI=1S/C15H15NO5S2/c1-20-12-5-4-10-7-11(9-21-13(10)8-12)15(17)16-23(18,19)14-3-2-6-22-14/h2-6,8,11H,7,9H2,1H3,(H,16,17). The van der Waals surface area contributed by atoms with E-state index >= 15 is 0 Å². The van der Waals surface area contributed by atoms with Crippen LogP contribution in [0, 0.1) is 5.92 Å². The van der Waals surface area contributed by atoms with E-state index in [1.807, 2.05) is 6.07 Å². The number of fused-ring (bicyclic) bond motifs is 1. The van der Waals surface area contributed by atoms with Crippen LogP contribution in [0.25, 0.3) is 0 Å². The van der Waals surface area contributed by atoms with Crippen LogP contribution < -0.4 is 14.2 Å². The number of methoxy groups -OCH3 is 1. The van der Waals surface area contributed by atoms with Gasteiger partial charge in [0.15, 0.2) is 0 Å². The van der Waals surface area contributed by atoms with Crippen LogP contribution >= 0.6 is 11.3 Å². The summed E-state index contributed by atoms with van der Waals surface area (Å²) in [6.07, 6.45) is 0.422. The van der Waals surface area contributed by atoms with Crippen LogP contribution in [0.2, 0.25) is 0 Å². The Morgan fingerprint density at radius 3 is 2.91 bits per heavy atom. The Hall–Kier alpha value is -2.06. The number of hydrogen-bond donors (Lipinski definition) is 1. The number of carbonyl (C=O) groups excluding carboxylic acids is 1. The van der Waals surface area contributed by atoms with Crippen molar-refractivity contribution in [3.05, 3.63) is 41.3 Å². The highest BCUT2D eigenvalue weighted by molar-refractivity contribution is 7.92. The first kappa shape index (κ1) is 15.8. The molecule has 1 N–H and O–H groups in total. The molecular formula is C15H15NO5S2. The molecule has 0 bridgehead atoms. The van der Waals surface area contributed by atoms with Crippen molar-refractivity contribution >= 4 is 27.3 Å². The van der Waals surface area contributed by atoms with Crippen molar-refractivity contribution in [2.75, 3.05) is 13.7 Å². The lowest BCUT2D eigenvalue weighted by molar-refractivity contribution is -0.124. The second kappa shape index (κ2) is 6.21. The molecule has 1 aromatic heterocycles. The van der Waals surface area contributed by atoms with Gasteiger partial charge < -0.3 is 9.47 Å². The molecule has 2 heterocycles. The number of benzene rings is 1. The van der Waals surface area contributed by atoms with Gasteiger partial charge in [0.05, 0.1) is 13.0 Å². The van der Waals surface area contributed by atoms with E-state index in [0.717, 1.165) is 16.9 Å². The molecule has 0 spiro atoms. The van der Waals surface area contributed by atoms with Gasteiger partial charge in [0, 0.05) is 6.07 Å². The van der Waals surface area contributed by atoms with Gasteiger partial charge in [0.25, 0.3) is 10.0 Å². The van der Waals surface area contributed by atoms with Crippen molar-refractivity contribution in [1.29, 1.82) is 0 Å². The summed E-state index contributed by atoms with van der Waals surface area (Å²) in [5.74, 6) is 0.229. The number of amides is 1. The Labute approximate surface area is 138 Å². The predicted molar refractivity (Wildman–Crippen MR) is 85.3 cm³/mol. The van der Waals surface area contributed by atoms with Crippen LogP contribution in [0.1, 0.15) is 5.56 Å². The lowest BCUT2D eigenvalue weighted by Gasteiger charge is -2.24. The fourth-order valence-electron chi connectivity index (χ4n) is 2.33. The fraction of sp³-hybridized carbons (Fsp3) is 0.267. The summed E-state index contributed by atoms with van der Waals surface area (Å²) in [6.45, 7) is 0.131. The third kappa shape index (κ3) is 3.32. The summed E-state index contributed by atoms with van der Waals surface area (Å²) in [7, 11) is -2.24. The summed E-state index contributed by atoms with van der Waals surface area (Å²) in [4.78, 5) is 12.3. The molecule has 0 saturated heterocycles. The summed E-state index contributed by atoms with van der Waals surface area (Å²) in [6, 6.07) is 8.44. The van der Waals surface area contributed by atoms with Gasteiger partial charge in [0.1, 0.15) is 22.3 Å². The molecule has 0 radical (unpaired) electrons. The first-order valence-electron chi connectivity index (χ1n) is 6.89. The molecule has 1 aliphatic heterocycles. The van der Waals surface area contributed by atoms with E-state index < -0.39 is 21.8 Å². The number of thiophene rings is 1. The van der Waals surface area contributed by atoms with E-state index in [4.69, 9.17) is 9.47 Å². The van der Waals surface area contributed by atoms with E-state index in [2.05, 4.69) is 4.72 Å². The molecule has 1 amide bonds. The second-order valence-electron chi connectivity index (χ2n) is 5.09. The van der Waals surface area contributed by atoms with Gasteiger partial charge in [0.2, 0.25) is 5.91 Å². The fourth-order valence-corrected chi connectivity index (χ4v) is 4.37. The van der Waals surface area contributed by atoms with E-state index in [1.54, 1.807) is 30.7 Å². The normalized spacial score (nSPS) is 17.0. The SMILES string of the molecule is COc1ccc2c(c1)OCC(C(=O)NS(=O)(=O)c1cccs1)C2. The van der Waals surface area contributed by atoms with Crippen LogP contribution in [0.3, 0.4) is 0 Å². The zero-order chi connectivity index (χ0) is 16.4. The Morgan fingerprint density at radius 2 is 2.22 bits per heavy atom. The van der Waals surface area contributed by atoms with Crippen molar-refractivity contribution < 1.29 is 22.7 Å². The average molecular weight is 353 g/mol. The molecule has 3 rings (SSSR count). The zero-order valence-corrected chi connectivity index (χ0v) is 13.9. The summed E-state index contributed by atoms with van der Waals surface area (Å²) >= 11 is 1.06. The Balaban J connectivity index is 1.72. The van der Waals surface area contributed by atoms with Gasteiger partial charge in [-0.05, 0) is 29.5 Å². The minimum atomic E-state index is -3.81. The summed E-state index contributed by atoms with van der Waals surface area (Å²) < 4.78 is 37.1. The van der Waals surface area contributed by atoms with Crippen molar-refractivity contribution in [1.82, 2.24) is 4.72 Å². The van der Waals surface area contributed by atoms with E-state index in [-0.39, 0.29) is 10.8 Å². The van der Waals surface area contributed by atoms with Crippen molar-refractivity contribution in [2.45, 2.75) is 10.6 Å². The quantitative estimate of drug-likeness (QED) is 0.907. The minimum absolute atomic E-state index is 0.118. The molecule has 1 aliphatic rings. The first-order chi connectivity index (χ1) is 11.0. The number of sulfonamides is 1. The number of rotatable bonds is 4. The largest absolute Gasteiger partial charge is 0.497 e. The summed E-state index contributed by atoms with van der Waals surface area (Å²) in [5, 5.41) is 1.65. The Morgan fingerprint density at radius 1 is 1.39 bits per heavy atom. The van der Waals surface area contributed by atoms with Crippen molar-refractivity contribution in [3.8, 4) is 11.5 Å². The highest BCUT2D eigenvalue weighted by atomic mass is 32.2. The molecule has 23 heavy (non-hydrogen) atoms.